The first kappa shape index (κ1) is 37.0. The lowest BCUT2D eigenvalue weighted by Gasteiger charge is -2.23. The molecule has 2 atom stereocenters. The second-order valence-electron chi connectivity index (χ2n) is 11.3. The third-order valence-electron chi connectivity index (χ3n) is 7.55. The summed E-state index contributed by atoms with van der Waals surface area (Å²) in [6, 6.07) is 12.4. The van der Waals surface area contributed by atoms with Crippen molar-refractivity contribution in [3.05, 3.63) is 63.7 Å². The number of anilines is 1. The normalized spacial score (nSPS) is 12.5. The zero-order valence-corrected chi connectivity index (χ0v) is 27.1. The van der Waals surface area contributed by atoms with Crippen molar-refractivity contribution in [3.8, 4) is 0 Å². The van der Waals surface area contributed by atoms with E-state index in [0.29, 0.717) is 13.0 Å². The van der Waals surface area contributed by atoms with Gasteiger partial charge >= 0.3 is 11.9 Å². The highest BCUT2D eigenvalue weighted by Gasteiger charge is 2.36. The number of ether oxygens (including phenoxy) is 2. The number of carbonyl (C=O) groups excluding carboxylic acids is 1. The average Bonchev–Trinajstić information content (AvgIpc) is 2.97. The van der Waals surface area contributed by atoms with Crippen LogP contribution in [0.25, 0.3) is 0 Å². The molecule has 10 heteroatoms. The lowest BCUT2D eigenvalue weighted by atomic mass is 10.0. The minimum absolute atomic E-state index is 0.153. The Morgan fingerprint density at radius 1 is 0.750 bits per heavy atom. The summed E-state index contributed by atoms with van der Waals surface area (Å²) in [5, 5.41) is 25.4. The number of carbonyl (C=O) groups is 3. The Hall–Kier alpha value is -3.14. The van der Waals surface area contributed by atoms with Crippen LogP contribution in [0.15, 0.2) is 36.4 Å². The molecule has 2 aromatic rings. The number of halogens is 1. The van der Waals surface area contributed by atoms with Gasteiger partial charge in [-0.2, -0.15) is 0 Å². The van der Waals surface area contributed by atoms with Crippen molar-refractivity contribution in [2.75, 3.05) is 31.6 Å². The number of unbranched alkanes of at least 4 members (excludes halogenated alkanes) is 7. The van der Waals surface area contributed by atoms with Crippen LogP contribution in [-0.4, -0.2) is 66.6 Å². The zero-order chi connectivity index (χ0) is 32.3. The third kappa shape index (κ3) is 14.6. The molecule has 4 N–H and O–H groups in total. The fraction of sp³-hybridized carbons (Fsp3) is 0.559. The van der Waals surface area contributed by atoms with E-state index in [1.807, 2.05) is 25.1 Å². The molecule has 9 nitrogen and oxygen atoms in total. The molecular weight excluding hydrogens is 584 g/mol. The number of amides is 1. The Balaban J connectivity index is 1.70. The van der Waals surface area contributed by atoms with E-state index in [4.69, 9.17) is 26.2 Å². The van der Waals surface area contributed by atoms with Crippen LogP contribution < -0.4 is 10.6 Å². The minimum Gasteiger partial charge on any atom is -0.480 e. The number of aryl methyl sites for hydroxylation is 4. The summed E-state index contributed by atoms with van der Waals surface area (Å²) in [5.74, 6) is -3.38. The Labute approximate surface area is 266 Å². The number of carboxylic acids is 2. The third-order valence-corrected chi connectivity index (χ3v) is 7.95. The molecule has 44 heavy (non-hydrogen) atoms. The quantitative estimate of drug-likeness (QED) is 0.102. The topological polar surface area (TPSA) is 134 Å². The van der Waals surface area contributed by atoms with Gasteiger partial charge in [0.15, 0.2) is 12.2 Å². The summed E-state index contributed by atoms with van der Waals surface area (Å²) in [5.41, 5.74) is 5.96. The molecule has 1 amide bonds. The smallest absolute Gasteiger partial charge is 0.336 e. The number of rotatable bonds is 23. The molecule has 0 aliphatic rings. The Bertz CT molecular complexity index is 1190. The van der Waals surface area contributed by atoms with Crippen molar-refractivity contribution in [1.82, 2.24) is 5.32 Å². The van der Waals surface area contributed by atoms with Crippen molar-refractivity contribution in [3.63, 3.8) is 0 Å². The van der Waals surface area contributed by atoms with E-state index in [1.165, 1.54) is 16.7 Å². The van der Waals surface area contributed by atoms with Gasteiger partial charge in [-0.1, -0.05) is 68.0 Å². The van der Waals surface area contributed by atoms with Crippen molar-refractivity contribution in [2.24, 2.45) is 0 Å². The molecule has 0 radical (unpaired) electrons. The Morgan fingerprint density at radius 3 is 2.09 bits per heavy atom. The van der Waals surface area contributed by atoms with Crippen LogP contribution in [0, 0.1) is 20.8 Å². The molecular formula is C34H49ClN2O7. The lowest BCUT2D eigenvalue weighted by Crippen LogP contribution is -2.49. The van der Waals surface area contributed by atoms with Gasteiger partial charge in [0.2, 0.25) is 0 Å². The molecule has 0 bridgehead atoms. The number of carboxylic acid groups (broad SMARTS) is 2. The van der Waals surface area contributed by atoms with Crippen molar-refractivity contribution in [2.45, 2.75) is 97.2 Å². The number of aliphatic carboxylic acids is 2. The second kappa shape index (κ2) is 20.7. The van der Waals surface area contributed by atoms with Gasteiger partial charge in [-0.25, -0.2) is 9.59 Å². The minimum atomic E-state index is -1.72. The average molecular weight is 633 g/mol. The molecule has 0 fully saturated rings. The predicted octanol–water partition coefficient (Wildman–Crippen LogP) is 6.49. The summed E-state index contributed by atoms with van der Waals surface area (Å²) in [7, 11) is 0. The van der Waals surface area contributed by atoms with E-state index in [2.05, 4.69) is 42.7 Å². The maximum absolute atomic E-state index is 12.9. The van der Waals surface area contributed by atoms with Crippen LogP contribution in [0.1, 0.15) is 80.0 Å². The van der Waals surface area contributed by atoms with Crippen LogP contribution in [0.3, 0.4) is 0 Å². The fourth-order valence-corrected chi connectivity index (χ4v) is 4.91. The van der Waals surface area contributed by atoms with E-state index in [0.717, 1.165) is 80.6 Å². The van der Waals surface area contributed by atoms with E-state index in [9.17, 15) is 19.5 Å². The van der Waals surface area contributed by atoms with Gasteiger partial charge in [0, 0.05) is 30.4 Å². The Kier molecular flexibility index (Phi) is 17.5. The molecule has 0 spiro atoms. The predicted molar refractivity (Wildman–Crippen MR) is 174 cm³/mol. The largest absolute Gasteiger partial charge is 0.480 e. The second-order valence-corrected chi connectivity index (χ2v) is 11.7. The molecule has 2 aromatic carbocycles. The van der Waals surface area contributed by atoms with Gasteiger partial charge in [0.25, 0.3) is 5.91 Å². The first-order chi connectivity index (χ1) is 21.1. The molecule has 244 valence electrons. The maximum atomic E-state index is 12.9. The van der Waals surface area contributed by atoms with Crippen LogP contribution in [-0.2, 0) is 30.3 Å². The van der Waals surface area contributed by atoms with Gasteiger partial charge in [-0.3, -0.25) is 4.79 Å². The highest BCUT2D eigenvalue weighted by atomic mass is 35.5. The van der Waals surface area contributed by atoms with E-state index in [-0.39, 0.29) is 6.61 Å². The molecule has 0 saturated heterocycles. The van der Waals surface area contributed by atoms with E-state index in [1.54, 1.807) is 0 Å². The summed E-state index contributed by atoms with van der Waals surface area (Å²) in [4.78, 5) is 35.7. The SMILES string of the molecule is Cc1ccc(CCCCCCCNC(=O)C(OCCCCCCNc2ccc(C)c(Cl)c2)C(OCC(=O)O)C(=O)O)cc1C. The molecule has 0 heterocycles. The summed E-state index contributed by atoms with van der Waals surface area (Å²) < 4.78 is 10.7. The first-order valence-electron chi connectivity index (χ1n) is 15.6. The molecule has 0 saturated carbocycles. The molecule has 0 aromatic heterocycles. The van der Waals surface area contributed by atoms with E-state index >= 15 is 0 Å². The molecule has 2 rings (SSSR count). The monoisotopic (exact) mass is 632 g/mol. The number of benzene rings is 2. The summed E-state index contributed by atoms with van der Waals surface area (Å²) in [6.07, 6.45) is 6.06. The van der Waals surface area contributed by atoms with Crippen molar-refractivity contribution >= 4 is 35.1 Å². The number of hydrogen-bond acceptors (Lipinski definition) is 6. The Morgan fingerprint density at radius 2 is 1.41 bits per heavy atom. The number of hydrogen-bond donors (Lipinski definition) is 4. The summed E-state index contributed by atoms with van der Waals surface area (Å²) >= 11 is 6.16. The fourth-order valence-electron chi connectivity index (χ4n) is 4.73. The van der Waals surface area contributed by atoms with Gasteiger partial charge in [0.05, 0.1) is 0 Å². The van der Waals surface area contributed by atoms with Crippen LogP contribution in [0.5, 0.6) is 0 Å². The molecule has 0 aliphatic carbocycles. The van der Waals surface area contributed by atoms with Crippen LogP contribution >= 0.6 is 11.6 Å². The standard InChI is InChI=1S/C34H49ClN2O7/c1-24-14-16-27(21-26(24)3)13-9-5-4-6-11-19-37-33(40)31(32(34(41)42)44-23-30(38)39)43-20-12-8-7-10-18-36-28-17-15-25(2)29(35)22-28/h14-17,21-22,31-32,36H,4-13,18-20,23H2,1-3H3,(H,37,40)(H,38,39)(H,41,42). The molecule has 0 aliphatic heterocycles. The zero-order valence-electron chi connectivity index (χ0n) is 26.3. The maximum Gasteiger partial charge on any atom is 0.336 e. The van der Waals surface area contributed by atoms with Crippen LogP contribution in [0.2, 0.25) is 5.02 Å². The van der Waals surface area contributed by atoms with Crippen molar-refractivity contribution in [1.29, 1.82) is 0 Å². The van der Waals surface area contributed by atoms with Crippen LogP contribution in [0.4, 0.5) is 5.69 Å². The molecule has 2 unspecified atom stereocenters. The van der Waals surface area contributed by atoms with Gasteiger partial charge in [-0.05, 0) is 87.3 Å². The highest BCUT2D eigenvalue weighted by Crippen LogP contribution is 2.20. The van der Waals surface area contributed by atoms with Gasteiger partial charge < -0.3 is 30.3 Å². The lowest BCUT2D eigenvalue weighted by molar-refractivity contribution is -0.172. The van der Waals surface area contributed by atoms with Crippen molar-refractivity contribution < 1.29 is 34.1 Å². The summed E-state index contributed by atoms with van der Waals surface area (Å²) in [6.45, 7) is 6.66. The highest BCUT2D eigenvalue weighted by molar-refractivity contribution is 6.31. The van der Waals surface area contributed by atoms with Gasteiger partial charge in [0.1, 0.15) is 6.61 Å². The number of nitrogens with one attached hydrogen (secondary N) is 2. The first-order valence-corrected chi connectivity index (χ1v) is 16.0. The van der Waals surface area contributed by atoms with Gasteiger partial charge in [-0.15, -0.1) is 0 Å². The van der Waals surface area contributed by atoms with E-state index < -0.39 is 36.7 Å².